The number of nitrogens with zero attached hydrogens (tertiary/aromatic N) is 4. The third-order valence-corrected chi connectivity index (χ3v) is 10.9. The van der Waals surface area contributed by atoms with Gasteiger partial charge < -0.3 is 24.3 Å². The zero-order chi connectivity index (χ0) is 40.7. The molecule has 1 saturated heterocycles. The summed E-state index contributed by atoms with van der Waals surface area (Å²) in [5.74, 6) is -0.352. The lowest BCUT2D eigenvalue weighted by molar-refractivity contribution is -0.141. The van der Waals surface area contributed by atoms with Crippen LogP contribution in [0, 0.1) is 18.3 Å². The smallest absolute Gasteiger partial charge is 0.293 e. The summed E-state index contributed by atoms with van der Waals surface area (Å²) in [6.45, 7) is 18.2. The SMILES string of the molecule is C=CN(C)C(C(=O)NC(Cc1cc(C)cc(-c2ccc3c(c2)c(CC(C)(C)COC=O)c(-c2cccnc2C(C)OC)n3C)c1)C(=O)N1CCCCN1)C(C)C. The lowest BCUT2D eigenvalue weighted by atomic mass is 9.84. The van der Waals surface area contributed by atoms with Gasteiger partial charge in [-0.2, -0.15) is 0 Å². The standard InChI is InChI=1S/C45H60N6O5/c1-11-49(8)41(29(2)3)43(53)48-38(44(54)51-20-13-12-19-47-51)24-32-21-30(4)22-34(23-32)33-16-17-39-36(25-33)37(26-45(6,7)27-56-28-52)42(50(39)9)35-15-14-18-46-40(35)31(5)55-10/h11,14-18,21-23,25,28-29,31,38,41,47H,1,12-13,19-20,24,26-27H2,2-10H3,(H,48,53). The fourth-order valence-corrected chi connectivity index (χ4v) is 8.04. The summed E-state index contributed by atoms with van der Waals surface area (Å²) in [6.07, 6.45) is 6.08. The molecule has 1 fully saturated rings. The number of carbonyl (C=O) groups is 3. The molecule has 1 aliphatic heterocycles. The predicted octanol–water partition coefficient (Wildman–Crippen LogP) is 6.92. The van der Waals surface area contributed by atoms with Gasteiger partial charge in [-0.25, -0.2) is 5.43 Å². The third-order valence-electron chi connectivity index (χ3n) is 10.9. The van der Waals surface area contributed by atoms with E-state index in [1.54, 1.807) is 29.4 Å². The van der Waals surface area contributed by atoms with Crippen LogP contribution in [0.1, 0.15) is 75.9 Å². The summed E-state index contributed by atoms with van der Waals surface area (Å²) in [5.41, 5.74) is 12.0. The van der Waals surface area contributed by atoms with Crippen molar-refractivity contribution in [3.8, 4) is 22.4 Å². The number of hydrazine groups is 1. The van der Waals surface area contributed by atoms with Crippen LogP contribution < -0.4 is 10.7 Å². The maximum Gasteiger partial charge on any atom is 0.293 e. The largest absolute Gasteiger partial charge is 0.467 e. The van der Waals surface area contributed by atoms with Crippen molar-refractivity contribution in [2.45, 2.75) is 85.4 Å². The first-order valence-corrected chi connectivity index (χ1v) is 19.6. The van der Waals surface area contributed by atoms with E-state index in [0.29, 0.717) is 25.9 Å². The Morgan fingerprint density at radius 3 is 2.54 bits per heavy atom. The van der Waals surface area contributed by atoms with E-state index in [1.165, 1.54) is 0 Å². The molecule has 0 aliphatic carbocycles. The number of fused-ring (bicyclic) bond motifs is 1. The maximum atomic E-state index is 14.1. The van der Waals surface area contributed by atoms with Crippen molar-refractivity contribution in [3.63, 3.8) is 0 Å². The molecule has 0 saturated carbocycles. The Morgan fingerprint density at radius 1 is 1.11 bits per heavy atom. The first kappa shape index (κ1) is 42.1. The molecular formula is C45H60N6O5. The zero-order valence-electron chi connectivity index (χ0n) is 34.6. The minimum Gasteiger partial charge on any atom is -0.467 e. The number of rotatable bonds is 17. The molecule has 4 aromatic rings. The van der Waals surface area contributed by atoms with Crippen molar-refractivity contribution in [2.75, 3.05) is 33.9 Å². The summed E-state index contributed by atoms with van der Waals surface area (Å²) < 4.78 is 13.3. The summed E-state index contributed by atoms with van der Waals surface area (Å²) in [7, 11) is 5.60. The highest BCUT2D eigenvalue weighted by molar-refractivity contribution is 5.95. The maximum absolute atomic E-state index is 14.1. The van der Waals surface area contributed by atoms with Gasteiger partial charge >= 0.3 is 0 Å². The first-order valence-electron chi connectivity index (χ1n) is 19.6. The van der Waals surface area contributed by atoms with Crippen LogP contribution in [0.2, 0.25) is 0 Å². The van der Waals surface area contributed by atoms with Crippen LogP contribution in [0.25, 0.3) is 33.3 Å². The molecule has 0 bridgehead atoms. The molecule has 5 rings (SSSR count). The lowest BCUT2D eigenvalue weighted by Crippen LogP contribution is -2.58. The minimum atomic E-state index is -0.771. The second kappa shape index (κ2) is 18.3. The van der Waals surface area contributed by atoms with E-state index in [2.05, 4.69) is 92.2 Å². The quantitative estimate of drug-likeness (QED) is 0.111. The Bertz CT molecular complexity index is 2030. The number of pyridine rings is 1. The average molecular weight is 765 g/mol. The predicted molar refractivity (Wildman–Crippen MR) is 222 cm³/mol. The van der Waals surface area contributed by atoms with Crippen molar-refractivity contribution >= 4 is 29.2 Å². The summed E-state index contributed by atoms with van der Waals surface area (Å²) in [4.78, 5) is 45.7. The first-order chi connectivity index (χ1) is 26.7. The van der Waals surface area contributed by atoms with Crippen LogP contribution in [-0.2, 0) is 43.7 Å². The molecule has 56 heavy (non-hydrogen) atoms. The molecule has 0 spiro atoms. The molecule has 1 aliphatic rings. The topological polar surface area (TPSA) is 118 Å². The molecule has 3 unspecified atom stereocenters. The second-order valence-corrected chi connectivity index (χ2v) is 16.3. The van der Waals surface area contributed by atoms with Gasteiger partial charge in [-0.05, 0) is 91.7 Å². The molecule has 2 amide bonds. The monoisotopic (exact) mass is 764 g/mol. The van der Waals surface area contributed by atoms with E-state index >= 15 is 0 Å². The van der Waals surface area contributed by atoms with Crippen molar-refractivity contribution < 1.29 is 23.9 Å². The number of benzene rings is 2. The molecule has 2 N–H and O–H groups in total. The van der Waals surface area contributed by atoms with Crippen LogP contribution in [0.4, 0.5) is 0 Å². The Kier molecular flexibility index (Phi) is 13.8. The van der Waals surface area contributed by atoms with Crippen LogP contribution in [0.5, 0.6) is 0 Å². The van der Waals surface area contributed by atoms with E-state index in [4.69, 9.17) is 14.5 Å². The third kappa shape index (κ3) is 9.50. The van der Waals surface area contributed by atoms with E-state index in [-0.39, 0.29) is 35.9 Å². The highest BCUT2D eigenvalue weighted by atomic mass is 16.5. The van der Waals surface area contributed by atoms with Gasteiger partial charge in [-0.3, -0.25) is 24.4 Å². The Hall–Kier alpha value is -5.00. The number of carbonyl (C=O) groups excluding carboxylic acids is 3. The van der Waals surface area contributed by atoms with Crippen molar-refractivity contribution in [1.82, 2.24) is 30.2 Å². The molecule has 0 radical (unpaired) electrons. The van der Waals surface area contributed by atoms with E-state index in [0.717, 1.165) is 75.1 Å². The molecule has 3 atom stereocenters. The van der Waals surface area contributed by atoms with Gasteiger partial charge in [0.25, 0.3) is 12.4 Å². The summed E-state index contributed by atoms with van der Waals surface area (Å²) in [6, 6.07) is 15.7. The number of aromatic nitrogens is 2. The average Bonchev–Trinajstić information content (AvgIpc) is 3.44. The number of nitrogens with one attached hydrogen (secondary N) is 2. The van der Waals surface area contributed by atoms with Gasteiger partial charge in [0.05, 0.1) is 24.1 Å². The van der Waals surface area contributed by atoms with Gasteiger partial charge in [-0.15, -0.1) is 0 Å². The summed E-state index contributed by atoms with van der Waals surface area (Å²) in [5, 5.41) is 5.89. The molecule has 2 aromatic carbocycles. The van der Waals surface area contributed by atoms with Gasteiger partial charge in [0.2, 0.25) is 5.91 Å². The molecule has 2 aromatic heterocycles. The number of likely N-dealkylation sites (N-methyl/N-ethyl adjacent to an activating group) is 1. The van der Waals surface area contributed by atoms with Crippen molar-refractivity contribution in [1.29, 1.82) is 0 Å². The number of ether oxygens (including phenoxy) is 2. The fraction of sp³-hybridized carbons (Fsp3) is 0.467. The number of hydrogen-bond acceptors (Lipinski definition) is 8. The number of hydrogen-bond donors (Lipinski definition) is 2. The van der Waals surface area contributed by atoms with Crippen LogP contribution >= 0.6 is 0 Å². The van der Waals surface area contributed by atoms with E-state index < -0.39 is 12.1 Å². The van der Waals surface area contributed by atoms with Crippen LogP contribution in [0.3, 0.4) is 0 Å². The Balaban J connectivity index is 1.60. The van der Waals surface area contributed by atoms with Crippen molar-refractivity contribution in [3.05, 3.63) is 89.9 Å². The highest BCUT2D eigenvalue weighted by Gasteiger charge is 2.33. The normalized spacial score (nSPS) is 15.0. The Morgan fingerprint density at radius 2 is 1.88 bits per heavy atom. The molecular weight excluding hydrogens is 705 g/mol. The van der Waals surface area contributed by atoms with E-state index in [9.17, 15) is 14.4 Å². The zero-order valence-corrected chi connectivity index (χ0v) is 34.6. The van der Waals surface area contributed by atoms with Crippen molar-refractivity contribution in [2.24, 2.45) is 18.4 Å². The molecule has 300 valence electrons. The second-order valence-electron chi connectivity index (χ2n) is 16.3. The number of methoxy groups -OCH3 is 1. The summed E-state index contributed by atoms with van der Waals surface area (Å²) >= 11 is 0. The van der Waals surface area contributed by atoms with Gasteiger partial charge in [-0.1, -0.05) is 64.1 Å². The number of aryl methyl sites for hydroxylation is 2. The lowest BCUT2D eigenvalue weighted by Gasteiger charge is -2.34. The molecule has 3 heterocycles. The van der Waals surface area contributed by atoms with E-state index in [1.807, 2.05) is 33.9 Å². The van der Waals surface area contributed by atoms with Gasteiger partial charge in [0, 0.05) is 68.8 Å². The fourth-order valence-electron chi connectivity index (χ4n) is 8.04. The Labute approximate surface area is 332 Å². The molecule has 11 heteroatoms. The number of amides is 2. The van der Waals surface area contributed by atoms with Gasteiger partial charge in [0.1, 0.15) is 12.1 Å². The van der Waals surface area contributed by atoms with Gasteiger partial charge in [0.15, 0.2) is 0 Å². The molecule has 11 nitrogen and oxygen atoms in total. The van der Waals surface area contributed by atoms with Crippen LogP contribution in [-0.4, -0.2) is 83.7 Å². The van der Waals surface area contributed by atoms with Crippen LogP contribution in [0.15, 0.2) is 67.5 Å². The minimum absolute atomic E-state index is 0.00184. The highest BCUT2D eigenvalue weighted by Crippen LogP contribution is 2.41.